The molecule has 5 nitrogen and oxygen atoms in total. The van der Waals surface area contributed by atoms with Crippen LogP contribution in [-0.2, 0) is 9.47 Å². The number of ether oxygens (including phenoxy) is 3. The summed E-state index contributed by atoms with van der Waals surface area (Å²) in [7, 11) is 0. The molecule has 25 heavy (non-hydrogen) atoms. The minimum absolute atomic E-state index is 0.271. The molecular weight excluding hydrogens is 316 g/mol. The van der Waals surface area contributed by atoms with Crippen LogP contribution in [0.25, 0.3) is 21.9 Å². The number of aromatic nitrogens is 2. The average molecular weight is 336 g/mol. The molecule has 2 aromatic carbocycles. The predicted molar refractivity (Wildman–Crippen MR) is 94.6 cm³/mol. The second kappa shape index (κ2) is 6.17. The van der Waals surface area contributed by atoms with Gasteiger partial charge < -0.3 is 14.2 Å². The summed E-state index contributed by atoms with van der Waals surface area (Å²) in [6.07, 6.45) is 6.28. The van der Waals surface area contributed by atoms with Gasteiger partial charge in [0.05, 0.1) is 25.5 Å². The van der Waals surface area contributed by atoms with E-state index < -0.39 is 0 Å². The Morgan fingerprint density at radius 1 is 1.12 bits per heavy atom. The topological polar surface area (TPSA) is 45.5 Å². The fourth-order valence-electron chi connectivity index (χ4n) is 3.29. The molecule has 2 aliphatic rings. The van der Waals surface area contributed by atoms with Crippen LogP contribution in [0.5, 0.6) is 5.75 Å². The van der Waals surface area contributed by atoms with Crippen molar-refractivity contribution in [2.75, 3.05) is 19.8 Å². The molecule has 5 heteroatoms. The Balaban J connectivity index is 1.50. The molecule has 128 valence electrons. The van der Waals surface area contributed by atoms with Crippen LogP contribution in [-0.4, -0.2) is 35.9 Å². The maximum atomic E-state index is 5.95. The number of benzene rings is 2. The van der Waals surface area contributed by atoms with Gasteiger partial charge in [-0.3, -0.25) is 4.68 Å². The summed E-state index contributed by atoms with van der Waals surface area (Å²) in [5.74, 6) is 0.826. The SMILES string of the molecule is c1ccc2c(-c3cnn(C4CC4)c3)cc(OCC3OCCO3)cc2c1. The summed E-state index contributed by atoms with van der Waals surface area (Å²) in [6, 6.07) is 13.1. The molecule has 0 unspecified atom stereocenters. The van der Waals surface area contributed by atoms with Gasteiger partial charge in [-0.05, 0) is 41.3 Å². The van der Waals surface area contributed by atoms with E-state index in [1.807, 2.05) is 12.3 Å². The summed E-state index contributed by atoms with van der Waals surface area (Å²) in [5, 5.41) is 6.90. The van der Waals surface area contributed by atoms with Crippen LogP contribution in [0.3, 0.4) is 0 Å². The molecule has 2 heterocycles. The lowest BCUT2D eigenvalue weighted by molar-refractivity contribution is -0.0683. The van der Waals surface area contributed by atoms with E-state index in [2.05, 4.69) is 46.3 Å². The van der Waals surface area contributed by atoms with Crippen molar-refractivity contribution in [2.24, 2.45) is 0 Å². The molecule has 1 aliphatic carbocycles. The first-order chi connectivity index (χ1) is 12.4. The second-order valence-corrected chi connectivity index (χ2v) is 6.61. The van der Waals surface area contributed by atoms with Crippen molar-refractivity contribution < 1.29 is 14.2 Å². The number of hydrogen-bond acceptors (Lipinski definition) is 4. The standard InChI is InChI=1S/C20H20N2O3/c1-2-4-18-14(3-1)9-17(25-13-20-23-7-8-24-20)10-19(18)15-11-21-22(12-15)16-5-6-16/h1-4,9-12,16,20H,5-8,13H2. The summed E-state index contributed by atoms with van der Waals surface area (Å²) in [6.45, 7) is 1.67. The monoisotopic (exact) mass is 336 g/mol. The maximum Gasteiger partial charge on any atom is 0.191 e. The van der Waals surface area contributed by atoms with Crippen molar-refractivity contribution in [3.63, 3.8) is 0 Å². The quantitative estimate of drug-likeness (QED) is 0.711. The normalized spacial score (nSPS) is 18.1. The molecule has 0 radical (unpaired) electrons. The maximum absolute atomic E-state index is 5.95. The van der Waals surface area contributed by atoms with Crippen molar-refractivity contribution >= 4 is 10.8 Å². The molecule has 0 amide bonds. The smallest absolute Gasteiger partial charge is 0.191 e. The summed E-state index contributed by atoms with van der Waals surface area (Å²) in [5.41, 5.74) is 2.27. The molecule has 5 rings (SSSR count). The Morgan fingerprint density at radius 2 is 1.96 bits per heavy atom. The Kier molecular flexibility index (Phi) is 3.68. The van der Waals surface area contributed by atoms with Crippen LogP contribution >= 0.6 is 0 Å². The lowest BCUT2D eigenvalue weighted by Gasteiger charge is -2.13. The summed E-state index contributed by atoms with van der Waals surface area (Å²) >= 11 is 0. The zero-order valence-electron chi connectivity index (χ0n) is 13.9. The molecule has 1 aromatic heterocycles. The number of fused-ring (bicyclic) bond motifs is 1. The fraction of sp³-hybridized carbons (Fsp3) is 0.350. The van der Waals surface area contributed by atoms with Crippen molar-refractivity contribution in [3.8, 4) is 16.9 Å². The molecule has 0 atom stereocenters. The van der Waals surface area contributed by atoms with Crippen molar-refractivity contribution in [1.82, 2.24) is 9.78 Å². The van der Waals surface area contributed by atoms with Crippen LogP contribution in [0, 0.1) is 0 Å². The first kappa shape index (κ1) is 14.9. The number of hydrogen-bond donors (Lipinski definition) is 0. The third-order valence-corrected chi connectivity index (χ3v) is 4.75. The van der Waals surface area contributed by atoms with E-state index >= 15 is 0 Å². The van der Waals surface area contributed by atoms with Crippen molar-refractivity contribution in [3.05, 3.63) is 48.8 Å². The molecule has 3 aromatic rings. The Bertz CT molecular complexity index is 895. The van der Waals surface area contributed by atoms with Crippen LogP contribution in [0.15, 0.2) is 48.8 Å². The summed E-state index contributed by atoms with van der Waals surface area (Å²) in [4.78, 5) is 0. The third-order valence-electron chi connectivity index (χ3n) is 4.75. The van der Waals surface area contributed by atoms with E-state index in [9.17, 15) is 0 Å². The lowest BCUT2D eigenvalue weighted by Crippen LogP contribution is -2.18. The van der Waals surface area contributed by atoms with Crippen LogP contribution in [0.2, 0.25) is 0 Å². The van der Waals surface area contributed by atoms with E-state index in [4.69, 9.17) is 14.2 Å². The molecule has 2 fully saturated rings. The predicted octanol–water partition coefficient (Wildman–Crippen LogP) is 3.79. The highest BCUT2D eigenvalue weighted by atomic mass is 16.7. The largest absolute Gasteiger partial charge is 0.488 e. The zero-order valence-corrected chi connectivity index (χ0v) is 13.9. The van der Waals surface area contributed by atoms with Crippen LogP contribution in [0.4, 0.5) is 0 Å². The molecule has 0 N–H and O–H groups in total. The van der Waals surface area contributed by atoms with Gasteiger partial charge in [0, 0.05) is 11.8 Å². The third kappa shape index (κ3) is 3.01. The van der Waals surface area contributed by atoms with Gasteiger partial charge in [-0.2, -0.15) is 5.10 Å². The average Bonchev–Trinajstić information content (AvgIpc) is 3.16. The minimum Gasteiger partial charge on any atom is -0.488 e. The first-order valence-corrected chi connectivity index (χ1v) is 8.80. The highest BCUT2D eigenvalue weighted by Gasteiger charge is 2.24. The molecule has 0 spiro atoms. The van der Waals surface area contributed by atoms with E-state index in [0.29, 0.717) is 25.9 Å². The second-order valence-electron chi connectivity index (χ2n) is 6.61. The minimum atomic E-state index is -0.271. The van der Waals surface area contributed by atoms with Crippen molar-refractivity contribution in [1.29, 1.82) is 0 Å². The molecule has 1 saturated heterocycles. The highest BCUT2D eigenvalue weighted by molar-refractivity contribution is 5.97. The van der Waals surface area contributed by atoms with Gasteiger partial charge >= 0.3 is 0 Å². The van der Waals surface area contributed by atoms with Gasteiger partial charge in [-0.1, -0.05) is 24.3 Å². The van der Waals surface area contributed by atoms with Gasteiger partial charge in [0.1, 0.15) is 12.4 Å². The van der Waals surface area contributed by atoms with E-state index in [-0.39, 0.29) is 6.29 Å². The van der Waals surface area contributed by atoms with Crippen LogP contribution < -0.4 is 4.74 Å². The lowest BCUT2D eigenvalue weighted by atomic mass is 10.00. The van der Waals surface area contributed by atoms with Gasteiger partial charge in [-0.15, -0.1) is 0 Å². The van der Waals surface area contributed by atoms with Gasteiger partial charge in [0.2, 0.25) is 0 Å². The first-order valence-electron chi connectivity index (χ1n) is 8.80. The van der Waals surface area contributed by atoms with E-state index in [1.54, 1.807) is 0 Å². The molecule has 0 bridgehead atoms. The Labute approximate surface area is 146 Å². The van der Waals surface area contributed by atoms with E-state index in [0.717, 1.165) is 22.3 Å². The molecule has 1 aliphatic heterocycles. The number of nitrogens with zero attached hydrogens (tertiary/aromatic N) is 2. The Hall–Kier alpha value is -2.37. The number of rotatable bonds is 5. The van der Waals surface area contributed by atoms with Crippen LogP contribution in [0.1, 0.15) is 18.9 Å². The Morgan fingerprint density at radius 3 is 2.80 bits per heavy atom. The van der Waals surface area contributed by atoms with Gasteiger partial charge in [0.15, 0.2) is 6.29 Å². The van der Waals surface area contributed by atoms with Gasteiger partial charge in [0.25, 0.3) is 0 Å². The van der Waals surface area contributed by atoms with E-state index in [1.165, 1.54) is 18.2 Å². The molecular formula is C20H20N2O3. The molecule has 1 saturated carbocycles. The van der Waals surface area contributed by atoms with Crippen molar-refractivity contribution in [2.45, 2.75) is 25.2 Å². The highest BCUT2D eigenvalue weighted by Crippen LogP contribution is 2.37. The summed E-state index contributed by atoms with van der Waals surface area (Å²) < 4.78 is 18.9. The zero-order chi connectivity index (χ0) is 16.6. The fourth-order valence-corrected chi connectivity index (χ4v) is 3.29. The van der Waals surface area contributed by atoms with Gasteiger partial charge in [-0.25, -0.2) is 0 Å².